The zero-order valence-electron chi connectivity index (χ0n) is 21.1. The highest BCUT2D eigenvalue weighted by atomic mass is 127. The van der Waals surface area contributed by atoms with Crippen LogP contribution in [-0.2, 0) is 18.1 Å². The highest BCUT2D eigenvalue weighted by Crippen LogP contribution is 2.39. The number of rotatable bonds is 5. The molecular weight excluding hydrogens is 564 g/mol. The minimum atomic E-state index is -4.44. The van der Waals surface area contributed by atoms with Gasteiger partial charge in [0.25, 0.3) is 5.91 Å². The van der Waals surface area contributed by atoms with Gasteiger partial charge in [-0.3, -0.25) is 4.79 Å². The number of alkyl halides is 4. The van der Waals surface area contributed by atoms with E-state index in [1.165, 1.54) is 31.4 Å². The van der Waals surface area contributed by atoms with E-state index in [2.05, 4.69) is 32.5 Å². The number of benzene rings is 1. The van der Waals surface area contributed by atoms with Gasteiger partial charge in [-0.1, -0.05) is 62.6 Å². The van der Waals surface area contributed by atoms with Crippen molar-refractivity contribution in [1.82, 2.24) is 9.88 Å². The molecule has 192 valence electrons. The van der Waals surface area contributed by atoms with Gasteiger partial charge in [-0.2, -0.15) is 13.2 Å². The highest BCUT2D eigenvalue weighted by molar-refractivity contribution is 14.1. The maximum Gasteiger partial charge on any atom is 0.416 e. The Bertz CT molecular complexity index is 1040. The lowest BCUT2D eigenvalue weighted by atomic mass is 9.84. The molecule has 2 fully saturated rings. The van der Waals surface area contributed by atoms with Gasteiger partial charge in [0.2, 0.25) is 0 Å². The fraction of sp³-hybridized carbons (Fsp3) is 0.607. The molecule has 1 amide bonds. The standard InChI is InChI=1S/C28H36F3IN2O/c1-17-24(26(35)33-23-13-22(32)14-23)15-25(34(17)16-18-8-6-5-7-9-18)19-10-20(27(2,3)4)12-21(11-19)28(29,30)31/h10-12,15,18,22-23H,5-9,13-14,16H2,1-4H3,(H,33,35). The Balaban J connectivity index is 1.79. The van der Waals surface area contributed by atoms with Crippen LogP contribution in [-0.4, -0.2) is 20.4 Å². The van der Waals surface area contributed by atoms with Crippen LogP contribution >= 0.6 is 22.6 Å². The summed E-state index contributed by atoms with van der Waals surface area (Å²) < 4.78 is 44.4. The molecule has 0 radical (unpaired) electrons. The van der Waals surface area contributed by atoms with Gasteiger partial charge in [-0.25, -0.2) is 0 Å². The fourth-order valence-electron chi connectivity index (χ4n) is 5.28. The van der Waals surface area contributed by atoms with Crippen LogP contribution in [0.5, 0.6) is 0 Å². The van der Waals surface area contributed by atoms with Crippen LogP contribution in [0.4, 0.5) is 13.2 Å². The number of carbonyl (C=O) groups is 1. The average Bonchev–Trinajstić information content (AvgIpc) is 3.08. The summed E-state index contributed by atoms with van der Waals surface area (Å²) in [5.74, 6) is 0.353. The Morgan fingerprint density at radius 1 is 1.03 bits per heavy atom. The molecule has 1 aromatic heterocycles. The number of halogens is 4. The molecule has 2 aliphatic rings. The fourth-order valence-corrected chi connectivity index (χ4v) is 6.51. The van der Waals surface area contributed by atoms with Crippen molar-refractivity contribution in [3.8, 4) is 11.3 Å². The Kier molecular flexibility index (Phi) is 7.66. The number of aromatic nitrogens is 1. The zero-order valence-corrected chi connectivity index (χ0v) is 23.2. The second-order valence-electron chi connectivity index (χ2n) is 11.4. The summed E-state index contributed by atoms with van der Waals surface area (Å²) in [6.45, 7) is 8.44. The van der Waals surface area contributed by atoms with Crippen LogP contribution in [0.2, 0.25) is 0 Å². The lowest BCUT2D eigenvalue weighted by Crippen LogP contribution is -2.44. The van der Waals surface area contributed by atoms with Gasteiger partial charge in [0.15, 0.2) is 0 Å². The van der Waals surface area contributed by atoms with Crippen LogP contribution in [0.15, 0.2) is 24.3 Å². The molecule has 0 bridgehead atoms. The topological polar surface area (TPSA) is 34.0 Å². The van der Waals surface area contributed by atoms with E-state index in [1.54, 1.807) is 0 Å². The van der Waals surface area contributed by atoms with Gasteiger partial charge in [0.1, 0.15) is 0 Å². The minimum absolute atomic E-state index is 0.123. The van der Waals surface area contributed by atoms with Gasteiger partial charge in [0, 0.05) is 27.9 Å². The van der Waals surface area contributed by atoms with Crippen molar-refractivity contribution in [1.29, 1.82) is 0 Å². The van der Waals surface area contributed by atoms with Gasteiger partial charge in [0.05, 0.1) is 11.1 Å². The van der Waals surface area contributed by atoms with E-state index in [1.807, 2.05) is 39.8 Å². The van der Waals surface area contributed by atoms with Crippen molar-refractivity contribution < 1.29 is 18.0 Å². The van der Waals surface area contributed by atoms with Crippen molar-refractivity contribution in [3.05, 3.63) is 46.6 Å². The number of carbonyl (C=O) groups excluding carboxylic acids is 1. The average molecular weight is 601 g/mol. The molecular formula is C28H36F3IN2O. The number of nitrogens with one attached hydrogen (secondary N) is 1. The molecule has 1 heterocycles. The van der Waals surface area contributed by atoms with E-state index in [9.17, 15) is 18.0 Å². The van der Waals surface area contributed by atoms with Crippen LogP contribution in [0.3, 0.4) is 0 Å². The number of hydrogen-bond acceptors (Lipinski definition) is 1. The lowest BCUT2D eigenvalue weighted by Gasteiger charge is -2.31. The van der Waals surface area contributed by atoms with Crippen LogP contribution in [0, 0.1) is 12.8 Å². The maximum absolute atomic E-state index is 13.9. The monoisotopic (exact) mass is 600 g/mol. The normalized spacial score (nSPS) is 21.6. The summed E-state index contributed by atoms with van der Waals surface area (Å²) in [4.78, 5) is 13.2. The summed E-state index contributed by atoms with van der Waals surface area (Å²) in [5.41, 5.74) is 2.20. The quantitative estimate of drug-likeness (QED) is 0.274. The Morgan fingerprint density at radius 2 is 1.66 bits per heavy atom. The number of nitrogens with zero attached hydrogens (tertiary/aromatic N) is 1. The number of hydrogen-bond donors (Lipinski definition) is 1. The van der Waals surface area contributed by atoms with Crippen molar-refractivity contribution in [2.24, 2.45) is 5.92 Å². The Morgan fingerprint density at radius 3 is 2.23 bits per heavy atom. The molecule has 2 aliphatic carbocycles. The first kappa shape index (κ1) is 26.6. The SMILES string of the molecule is Cc1c(C(=O)NC2CC(I)C2)cc(-c2cc(C(C)(C)C)cc(C(F)(F)F)c2)n1CC1CCCCC1. The summed E-state index contributed by atoms with van der Waals surface area (Å²) in [6, 6.07) is 6.37. The Labute approximate surface area is 220 Å². The van der Waals surface area contributed by atoms with Crippen molar-refractivity contribution in [3.63, 3.8) is 0 Å². The van der Waals surface area contributed by atoms with Gasteiger partial charge in [-0.05, 0) is 79.3 Å². The molecule has 7 heteroatoms. The molecule has 0 saturated heterocycles. The molecule has 0 unspecified atom stereocenters. The third-order valence-corrected chi connectivity index (χ3v) is 8.63. The Hall–Kier alpha value is -1.51. The second-order valence-corrected chi connectivity index (χ2v) is 13.2. The maximum atomic E-state index is 13.9. The largest absolute Gasteiger partial charge is 0.416 e. The molecule has 1 aromatic carbocycles. The predicted molar refractivity (Wildman–Crippen MR) is 143 cm³/mol. The van der Waals surface area contributed by atoms with Gasteiger partial charge >= 0.3 is 6.18 Å². The summed E-state index contributed by atoms with van der Waals surface area (Å²) in [6.07, 6.45) is 3.33. The van der Waals surface area contributed by atoms with Crippen molar-refractivity contribution in [2.75, 3.05) is 0 Å². The first-order chi connectivity index (χ1) is 16.3. The van der Waals surface area contributed by atoms with Crippen LogP contribution in [0.25, 0.3) is 11.3 Å². The third-order valence-electron chi connectivity index (χ3n) is 7.61. The predicted octanol–water partition coefficient (Wildman–Crippen LogP) is 8.06. The van der Waals surface area contributed by atoms with Crippen molar-refractivity contribution in [2.45, 2.75) is 101 Å². The highest BCUT2D eigenvalue weighted by Gasteiger charge is 2.34. The molecule has 1 N–H and O–H groups in total. The lowest BCUT2D eigenvalue weighted by molar-refractivity contribution is -0.137. The first-order valence-electron chi connectivity index (χ1n) is 12.7. The summed E-state index contributed by atoms with van der Waals surface area (Å²) in [5, 5.41) is 3.13. The second kappa shape index (κ2) is 10.1. The van der Waals surface area contributed by atoms with E-state index >= 15 is 0 Å². The van der Waals surface area contributed by atoms with Crippen molar-refractivity contribution >= 4 is 28.5 Å². The summed E-state index contributed by atoms with van der Waals surface area (Å²) in [7, 11) is 0. The van der Waals surface area contributed by atoms with E-state index in [-0.39, 0.29) is 11.9 Å². The third kappa shape index (κ3) is 6.08. The summed E-state index contributed by atoms with van der Waals surface area (Å²) >= 11 is 2.40. The molecule has 0 spiro atoms. The molecule has 2 saturated carbocycles. The minimum Gasteiger partial charge on any atom is -0.349 e. The molecule has 0 aliphatic heterocycles. The molecule has 4 rings (SSSR count). The molecule has 35 heavy (non-hydrogen) atoms. The smallest absolute Gasteiger partial charge is 0.349 e. The van der Waals surface area contributed by atoms with Gasteiger partial charge < -0.3 is 9.88 Å². The molecule has 2 aromatic rings. The zero-order chi connectivity index (χ0) is 25.5. The number of amides is 1. The van der Waals surface area contributed by atoms with E-state index < -0.39 is 17.2 Å². The van der Waals surface area contributed by atoms with Crippen LogP contribution < -0.4 is 5.32 Å². The first-order valence-corrected chi connectivity index (χ1v) is 14.0. The van der Waals surface area contributed by atoms with E-state index in [4.69, 9.17) is 0 Å². The van der Waals surface area contributed by atoms with E-state index in [0.29, 0.717) is 32.2 Å². The van der Waals surface area contributed by atoms with E-state index in [0.717, 1.165) is 37.9 Å². The molecule has 3 nitrogen and oxygen atoms in total. The van der Waals surface area contributed by atoms with Gasteiger partial charge in [-0.15, -0.1) is 0 Å². The molecule has 0 atom stereocenters. The van der Waals surface area contributed by atoms with Crippen LogP contribution in [0.1, 0.15) is 92.9 Å².